The van der Waals surface area contributed by atoms with E-state index in [0.29, 0.717) is 10.8 Å². The molecule has 8 rings (SSSR count). The van der Waals surface area contributed by atoms with Crippen molar-refractivity contribution < 1.29 is 4.42 Å². The largest absolute Gasteiger partial charge is 0.454 e. The van der Waals surface area contributed by atoms with Gasteiger partial charge in [0, 0.05) is 21.5 Å². The number of hydrogen-bond donors (Lipinski definition) is 0. The second-order valence-electron chi connectivity index (χ2n) is 10.2. The molecule has 43 heavy (non-hydrogen) atoms. The Morgan fingerprint density at radius 2 is 1.37 bits per heavy atom. The Bertz CT molecular complexity index is 2170. The normalized spacial score (nSPS) is 11.6. The molecule has 0 aliphatic rings. The van der Waals surface area contributed by atoms with E-state index in [2.05, 4.69) is 40.5 Å². The van der Waals surface area contributed by atoms with Gasteiger partial charge in [-0.15, -0.1) is 10.2 Å². The van der Waals surface area contributed by atoms with Gasteiger partial charge in [0.15, 0.2) is 11.6 Å². The minimum absolute atomic E-state index is 0.119. The van der Waals surface area contributed by atoms with Gasteiger partial charge in [0.25, 0.3) is 0 Å². The first-order valence-electron chi connectivity index (χ1n) is 13.8. The molecule has 0 unspecified atom stereocenters. The summed E-state index contributed by atoms with van der Waals surface area (Å²) in [4.78, 5) is 5.68. The molecule has 0 aliphatic carbocycles. The van der Waals surface area contributed by atoms with Crippen molar-refractivity contribution in [1.82, 2.24) is 24.8 Å². The van der Waals surface area contributed by atoms with E-state index in [1.54, 1.807) is 0 Å². The average Bonchev–Trinajstić information content (AvgIpc) is 3.80. The summed E-state index contributed by atoms with van der Waals surface area (Å²) < 4.78 is 8.16. The molecule has 0 spiro atoms. The maximum Gasteiger partial charge on any atom is 0.235 e. The van der Waals surface area contributed by atoms with E-state index in [9.17, 15) is 0 Å². The number of nitrogens with zero attached hydrogens (tertiary/aromatic N) is 5. The van der Waals surface area contributed by atoms with Gasteiger partial charge in [0.05, 0.1) is 11.4 Å². The monoisotopic (exact) mass is 595 g/mol. The van der Waals surface area contributed by atoms with Gasteiger partial charge in [-0.25, -0.2) is 4.98 Å². The van der Waals surface area contributed by atoms with Gasteiger partial charge in [-0.2, -0.15) is 9.61 Å². The number of fused-ring (bicyclic) bond motifs is 2. The maximum atomic E-state index is 6.28. The highest BCUT2D eigenvalue weighted by Crippen LogP contribution is 2.38. The van der Waals surface area contributed by atoms with Gasteiger partial charge in [0.2, 0.25) is 4.96 Å². The van der Waals surface area contributed by atoms with Crippen LogP contribution in [0.4, 0.5) is 0 Å². The first-order valence-corrected chi connectivity index (χ1v) is 15.0. The van der Waals surface area contributed by atoms with Gasteiger partial charge in [0.1, 0.15) is 16.5 Å². The lowest BCUT2D eigenvalue weighted by atomic mass is 9.91. The van der Waals surface area contributed by atoms with Crippen LogP contribution in [0.1, 0.15) is 22.9 Å². The molecule has 0 bridgehead atoms. The molecule has 0 radical (unpaired) electrons. The van der Waals surface area contributed by atoms with Crippen LogP contribution in [0, 0.1) is 0 Å². The van der Waals surface area contributed by atoms with Crippen LogP contribution in [-0.2, 0) is 0 Å². The van der Waals surface area contributed by atoms with Crippen molar-refractivity contribution in [1.29, 1.82) is 0 Å². The summed E-state index contributed by atoms with van der Waals surface area (Å²) in [5.74, 6) is 2.08. The molecule has 4 heterocycles. The Morgan fingerprint density at radius 3 is 2.12 bits per heavy atom. The quantitative estimate of drug-likeness (QED) is 0.192. The highest BCUT2D eigenvalue weighted by molar-refractivity contribution is 7.19. The summed E-state index contributed by atoms with van der Waals surface area (Å²) in [6.45, 7) is 0. The average molecular weight is 596 g/mol. The van der Waals surface area contributed by atoms with Crippen LogP contribution in [0.15, 0.2) is 132 Å². The second kappa shape index (κ2) is 10.6. The summed E-state index contributed by atoms with van der Waals surface area (Å²) in [7, 11) is 0. The predicted molar refractivity (Wildman–Crippen MR) is 171 cm³/mol. The van der Waals surface area contributed by atoms with Crippen LogP contribution >= 0.6 is 22.9 Å². The van der Waals surface area contributed by atoms with Crippen LogP contribution < -0.4 is 0 Å². The fourth-order valence-electron chi connectivity index (χ4n) is 5.43. The van der Waals surface area contributed by atoms with Crippen molar-refractivity contribution in [3.8, 4) is 33.3 Å². The molecule has 0 saturated heterocycles. The second-order valence-corrected chi connectivity index (χ2v) is 11.5. The summed E-state index contributed by atoms with van der Waals surface area (Å²) in [6.07, 6.45) is 0. The first-order chi connectivity index (χ1) is 21.2. The summed E-state index contributed by atoms with van der Waals surface area (Å²) in [5, 5.41) is 16.8. The van der Waals surface area contributed by atoms with Crippen LogP contribution in [0.2, 0.25) is 5.02 Å². The van der Waals surface area contributed by atoms with Crippen LogP contribution in [0.25, 0.3) is 49.2 Å². The molecule has 0 saturated carbocycles. The molecule has 0 N–H and O–H groups in total. The van der Waals surface area contributed by atoms with E-state index in [-0.39, 0.29) is 5.92 Å². The standard InChI is InChI=1S/C35H22ClN5OS/c36-25-17-15-22(16-18-25)30-19-20-31(42-30)29-21-27(26-13-7-8-14-28(26)37-29)34-40-41-33(38-39-35(41)43-34)32(23-9-3-1-4-10-23)24-11-5-2-6-12-24/h1-21,32H. The van der Waals surface area contributed by atoms with Crippen molar-refractivity contribution in [3.63, 3.8) is 0 Å². The van der Waals surface area contributed by atoms with Gasteiger partial charge in [-0.1, -0.05) is 102 Å². The van der Waals surface area contributed by atoms with E-state index in [1.165, 1.54) is 11.3 Å². The highest BCUT2D eigenvalue weighted by atomic mass is 35.5. The van der Waals surface area contributed by atoms with Gasteiger partial charge in [-0.3, -0.25) is 0 Å². The summed E-state index contributed by atoms with van der Waals surface area (Å²) >= 11 is 7.59. The Morgan fingerprint density at radius 1 is 0.698 bits per heavy atom. The third-order valence-electron chi connectivity index (χ3n) is 7.47. The number of aromatic nitrogens is 5. The number of para-hydroxylation sites is 1. The SMILES string of the molecule is Clc1ccc(-c2ccc(-c3cc(-c4nn5c(C(c6ccccc6)c6ccccc6)nnc5s4)c4ccccc4n3)o2)cc1. The fraction of sp³-hybridized carbons (Fsp3) is 0.0286. The van der Waals surface area contributed by atoms with Crippen molar-refractivity contribution in [2.75, 3.05) is 0 Å². The lowest BCUT2D eigenvalue weighted by Gasteiger charge is -2.15. The molecule has 4 aromatic heterocycles. The zero-order valence-corrected chi connectivity index (χ0v) is 24.2. The third-order valence-corrected chi connectivity index (χ3v) is 8.66. The van der Waals surface area contributed by atoms with Crippen molar-refractivity contribution in [2.24, 2.45) is 0 Å². The minimum atomic E-state index is -0.119. The van der Waals surface area contributed by atoms with E-state index < -0.39 is 0 Å². The number of benzene rings is 4. The number of pyridine rings is 1. The van der Waals surface area contributed by atoms with Crippen molar-refractivity contribution in [3.05, 3.63) is 149 Å². The molecular formula is C35H22ClN5OS. The Labute approximate surface area is 255 Å². The molecule has 0 fully saturated rings. The molecule has 8 aromatic rings. The first kappa shape index (κ1) is 25.6. The Kier molecular flexibility index (Phi) is 6.32. The Balaban J connectivity index is 1.26. The van der Waals surface area contributed by atoms with E-state index in [1.807, 2.05) is 102 Å². The maximum absolute atomic E-state index is 6.28. The molecule has 0 amide bonds. The van der Waals surface area contributed by atoms with E-state index >= 15 is 0 Å². The third kappa shape index (κ3) is 4.69. The zero-order valence-electron chi connectivity index (χ0n) is 22.6. The fourth-order valence-corrected chi connectivity index (χ4v) is 6.43. The molecule has 8 heteroatoms. The van der Waals surface area contributed by atoms with Crippen molar-refractivity contribution >= 4 is 38.8 Å². The minimum Gasteiger partial charge on any atom is -0.454 e. The molecule has 4 aromatic carbocycles. The number of hydrogen-bond acceptors (Lipinski definition) is 6. The Hall–Kier alpha value is -5.11. The molecule has 206 valence electrons. The van der Waals surface area contributed by atoms with Crippen molar-refractivity contribution in [2.45, 2.75) is 5.92 Å². The lowest BCUT2D eigenvalue weighted by molar-refractivity contribution is 0.595. The van der Waals surface area contributed by atoms with Crippen LogP contribution in [0.3, 0.4) is 0 Å². The highest BCUT2D eigenvalue weighted by Gasteiger charge is 2.25. The zero-order chi connectivity index (χ0) is 28.8. The topological polar surface area (TPSA) is 69.1 Å². The molecule has 0 atom stereocenters. The summed E-state index contributed by atoms with van der Waals surface area (Å²) in [5.41, 5.74) is 5.75. The van der Waals surface area contributed by atoms with E-state index in [4.69, 9.17) is 26.1 Å². The summed E-state index contributed by atoms with van der Waals surface area (Å²) in [6, 6.07) is 42.4. The number of furan rings is 1. The lowest BCUT2D eigenvalue weighted by Crippen LogP contribution is -2.08. The van der Waals surface area contributed by atoms with Gasteiger partial charge in [-0.05, 0) is 59.7 Å². The number of halogens is 1. The molecule has 0 aliphatic heterocycles. The van der Waals surface area contributed by atoms with Gasteiger partial charge < -0.3 is 4.42 Å². The van der Waals surface area contributed by atoms with Gasteiger partial charge >= 0.3 is 0 Å². The number of rotatable bonds is 6. The van der Waals surface area contributed by atoms with Crippen LogP contribution in [-0.4, -0.2) is 24.8 Å². The predicted octanol–water partition coefficient (Wildman–Crippen LogP) is 9.16. The molecule has 6 nitrogen and oxygen atoms in total. The van der Waals surface area contributed by atoms with E-state index in [0.717, 1.165) is 60.4 Å². The van der Waals surface area contributed by atoms with Crippen LogP contribution in [0.5, 0.6) is 0 Å². The molecular weight excluding hydrogens is 574 g/mol. The smallest absolute Gasteiger partial charge is 0.235 e.